The third kappa shape index (κ3) is 4.02. The van der Waals surface area contributed by atoms with Crippen molar-refractivity contribution >= 4 is 22.8 Å². The number of nitrogens with zero attached hydrogens (tertiary/aromatic N) is 4. The zero-order chi connectivity index (χ0) is 16.2. The molecule has 1 aliphatic rings. The summed E-state index contributed by atoms with van der Waals surface area (Å²) in [6.45, 7) is 5.12. The first kappa shape index (κ1) is 15.8. The van der Waals surface area contributed by atoms with Crippen LogP contribution in [0.1, 0.15) is 17.0 Å². The van der Waals surface area contributed by atoms with Gasteiger partial charge in [-0.1, -0.05) is 0 Å². The molecule has 2 aromatic rings. The van der Waals surface area contributed by atoms with Crippen LogP contribution in [0.15, 0.2) is 23.8 Å². The van der Waals surface area contributed by atoms with Gasteiger partial charge in [0.2, 0.25) is 0 Å². The minimum absolute atomic E-state index is 0.0172. The van der Waals surface area contributed by atoms with E-state index < -0.39 is 4.92 Å². The van der Waals surface area contributed by atoms with E-state index in [9.17, 15) is 10.1 Å². The highest BCUT2D eigenvalue weighted by Gasteiger charge is 2.22. The molecule has 0 saturated carbocycles. The minimum atomic E-state index is -0.435. The monoisotopic (exact) mass is 333 g/mol. The van der Waals surface area contributed by atoms with Gasteiger partial charge in [-0.15, -0.1) is 11.3 Å². The maximum absolute atomic E-state index is 10.6. The number of anilines is 1. The number of likely N-dealkylation sites (tertiary alicyclic amines) is 1. The number of rotatable bonds is 6. The summed E-state index contributed by atoms with van der Waals surface area (Å²) in [5, 5.41) is 14.0. The molecule has 1 aliphatic heterocycles. The number of aromatic nitrogens is 2. The topological polar surface area (TPSA) is 84.2 Å². The van der Waals surface area contributed by atoms with Gasteiger partial charge in [-0.2, -0.15) is 0 Å². The maximum Gasteiger partial charge on any atom is 0.287 e. The maximum atomic E-state index is 10.6. The van der Waals surface area contributed by atoms with E-state index in [1.54, 1.807) is 17.4 Å². The van der Waals surface area contributed by atoms with Gasteiger partial charge in [-0.05, 0) is 25.8 Å². The minimum Gasteiger partial charge on any atom is -0.366 e. The molecule has 23 heavy (non-hydrogen) atoms. The Morgan fingerprint density at radius 2 is 2.35 bits per heavy atom. The second-order valence-electron chi connectivity index (χ2n) is 5.70. The summed E-state index contributed by atoms with van der Waals surface area (Å²) in [4.78, 5) is 22.4. The highest BCUT2D eigenvalue weighted by Crippen LogP contribution is 2.18. The molecule has 0 spiro atoms. The van der Waals surface area contributed by atoms with Crippen LogP contribution in [0.5, 0.6) is 0 Å². The first-order valence-corrected chi connectivity index (χ1v) is 8.48. The van der Waals surface area contributed by atoms with Crippen molar-refractivity contribution in [3.63, 3.8) is 0 Å². The molecule has 1 fully saturated rings. The molecule has 8 heteroatoms. The quantitative estimate of drug-likeness (QED) is 0.646. The summed E-state index contributed by atoms with van der Waals surface area (Å²) in [5.74, 6) is 0.695. The molecule has 1 saturated heterocycles. The van der Waals surface area contributed by atoms with Gasteiger partial charge >= 0.3 is 0 Å². The summed E-state index contributed by atoms with van der Waals surface area (Å²) in [6, 6.07) is 3.49. The number of pyridine rings is 1. The van der Waals surface area contributed by atoms with E-state index in [4.69, 9.17) is 0 Å². The summed E-state index contributed by atoms with van der Waals surface area (Å²) < 4.78 is 0. The summed E-state index contributed by atoms with van der Waals surface area (Å²) in [6.07, 6.45) is 3.39. The second kappa shape index (κ2) is 7.01. The van der Waals surface area contributed by atoms with Crippen molar-refractivity contribution < 1.29 is 4.92 Å². The van der Waals surface area contributed by atoms with Gasteiger partial charge in [-0.3, -0.25) is 10.1 Å². The highest BCUT2D eigenvalue weighted by atomic mass is 32.1. The van der Waals surface area contributed by atoms with E-state index >= 15 is 0 Å². The van der Waals surface area contributed by atoms with E-state index in [2.05, 4.69) is 27.1 Å². The van der Waals surface area contributed by atoms with Crippen LogP contribution in [0.3, 0.4) is 0 Å². The number of hydrogen-bond acceptors (Lipinski definition) is 7. The van der Waals surface area contributed by atoms with Crippen molar-refractivity contribution in [1.82, 2.24) is 14.9 Å². The molecule has 2 aromatic heterocycles. The summed E-state index contributed by atoms with van der Waals surface area (Å²) >= 11 is 1.72. The number of nitrogens with one attached hydrogen (secondary N) is 1. The number of nitro groups is 1. The lowest BCUT2D eigenvalue weighted by atomic mass is 10.2. The zero-order valence-corrected chi connectivity index (χ0v) is 13.8. The molecule has 3 heterocycles. The molecule has 0 amide bonds. The van der Waals surface area contributed by atoms with Crippen LogP contribution in [-0.2, 0) is 6.42 Å². The Labute approximate surface area is 138 Å². The number of thiazole rings is 1. The van der Waals surface area contributed by atoms with Crippen LogP contribution in [0.2, 0.25) is 0 Å². The van der Waals surface area contributed by atoms with Gasteiger partial charge in [0, 0.05) is 36.6 Å². The number of hydrogen-bond donors (Lipinski definition) is 1. The first-order valence-electron chi connectivity index (χ1n) is 7.60. The van der Waals surface area contributed by atoms with Crippen LogP contribution >= 0.6 is 11.3 Å². The number of aryl methyl sites for hydroxylation is 1. The molecule has 1 N–H and O–H groups in total. The van der Waals surface area contributed by atoms with Crippen molar-refractivity contribution in [2.45, 2.75) is 25.8 Å². The Hall–Kier alpha value is -2.06. The third-order valence-electron chi connectivity index (χ3n) is 4.08. The molecular weight excluding hydrogens is 314 g/mol. The molecule has 7 nitrogen and oxygen atoms in total. The SMILES string of the molecule is Cc1ncsc1CCN1CC[C@H](Nc2ccc([N+](=O)[O-])cn2)C1. The van der Waals surface area contributed by atoms with Gasteiger partial charge in [0.1, 0.15) is 12.0 Å². The molecule has 3 rings (SSSR count). The Morgan fingerprint density at radius 3 is 3.00 bits per heavy atom. The van der Waals surface area contributed by atoms with Gasteiger partial charge in [0.15, 0.2) is 0 Å². The zero-order valence-electron chi connectivity index (χ0n) is 12.9. The van der Waals surface area contributed by atoms with Crippen LogP contribution in [0.25, 0.3) is 0 Å². The largest absolute Gasteiger partial charge is 0.366 e. The van der Waals surface area contributed by atoms with Crippen molar-refractivity contribution in [2.75, 3.05) is 25.0 Å². The smallest absolute Gasteiger partial charge is 0.287 e. The Balaban J connectivity index is 1.48. The standard InChI is InChI=1S/C15H19N5O2S/c1-11-14(23-10-17-11)5-7-19-6-4-12(9-19)18-15-3-2-13(8-16-15)20(21)22/h2-3,8,10,12H,4-7,9H2,1H3,(H,16,18)/t12-/m0/s1. The van der Waals surface area contributed by atoms with E-state index in [1.807, 2.05) is 5.51 Å². The molecule has 0 radical (unpaired) electrons. The molecule has 0 aromatic carbocycles. The van der Waals surface area contributed by atoms with E-state index in [-0.39, 0.29) is 5.69 Å². The molecule has 122 valence electrons. The van der Waals surface area contributed by atoms with Crippen LogP contribution in [-0.4, -0.2) is 45.5 Å². The predicted molar refractivity (Wildman–Crippen MR) is 89.9 cm³/mol. The van der Waals surface area contributed by atoms with Gasteiger partial charge in [0.25, 0.3) is 5.69 Å². The normalized spacial score (nSPS) is 18.2. The fourth-order valence-electron chi connectivity index (χ4n) is 2.77. The Kier molecular flexibility index (Phi) is 4.82. The second-order valence-corrected chi connectivity index (χ2v) is 6.64. The Morgan fingerprint density at radius 1 is 1.48 bits per heavy atom. The van der Waals surface area contributed by atoms with E-state index in [1.165, 1.54) is 17.1 Å². The van der Waals surface area contributed by atoms with Gasteiger partial charge < -0.3 is 10.2 Å². The fourth-order valence-corrected chi connectivity index (χ4v) is 3.54. The lowest BCUT2D eigenvalue weighted by Gasteiger charge is -2.16. The highest BCUT2D eigenvalue weighted by molar-refractivity contribution is 7.09. The van der Waals surface area contributed by atoms with Crippen molar-refractivity contribution in [3.8, 4) is 0 Å². The average Bonchev–Trinajstić information content (AvgIpc) is 3.15. The molecule has 1 atom stereocenters. The molecule has 0 bridgehead atoms. The Bertz CT molecular complexity index is 673. The lowest BCUT2D eigenvalue weighted by Crippen LogP contribution is -2.28. The van der Waals surface area contributed by atoms with Crippen molar-refractivity contribution in [2.24, 2.45) is 0 Å². The van der Waals surface area contributed by atoms with Gasteiger partial charge in [-0.25, -0.2) is 9.97 Å². The van der Waals surface area contributed by atoms with E-state index in [0.29, 0.717) is 11.9 Å². The summed E-state index contributed by atoms with van der Waals surface area (Å²) in [5.41, 5.74) is 3.06. The lowest BCUT2D eigenvalue weighted by molar-refractivity contribution is -0.385. The fraction of sp³-hybridized carbons (Fsp3) is 0.467. The average molecular weight is 333 g/mol. The first-order chi connectivity index (χ1) is 11.1. The predicted octanol–water partition coefficient (Wildman–Crippen LogP) is 2.48. The third-order valence-corrected chi connectivity index (χ3v) is 5.08. The van der Waals surface area contributed by atoms with E-state index in [0.717, 1.165) is 38.2 Å². The summed E-state index contributed by atoms with van der Waals surface area (Å²) in [7, 11) is 0. The molecular formula is C15H19N5O2S. The van der Waals surface area contributed by atoms with Crippen LogP contribution in [0, 0.1) is 17.0 Å². The van der Waals surface area contributed by atoms with Crippen LogP contribution in [0.4, 0.5) is 11.5 Å². The van der Waals surface area contributed by atoms with Gasteiger partial charge in [0.05, 0.1) is 16.1 Å². The van der Waals surface area contributed by atoms with Crippen molar-refractivity contribution in [1.29, 1.82) is 0 Å². The molecule has 0 aliphatic carbocycles. The molecule has 0 unspecified atom stereocenters. The van der Waals surface area contributed by atoms with Crippen molar-refractivity contribution in [3.05, 3.63) is 44.5 Å². The van der Waals surface area contributed by atoms with Crippen LogP contribution < -0.4 is 5.32 Å².